The van der Waals surface area contributed by atoms with E-state index in [0.29, 0.717) is 5.75 Å². The standard InChI is InChI=1S/C11H12N2O2S2/c1-7(11(14)15-2)5-17-10-9-8(3-4-16-9)12-6-13-10/h3-4,6-7H,5H2,1-2H3. The molecule has 0 aliphatic carbocycles. The van der Waals surface area contributed by atoms with E-state index < -0.39 is 0 Å². The van der Waals surface area contributed by atoms with E-state index in [4.69, 9.17) is 4.74 Å². The molecule has 0 N–H and O–H groups in total. The molecule has 0 spiro atoms. The number of esters is 1. The summed E-state index contributed by atoms with van der Waals surface area (Å²) >= 11 is 3.18. The van der Waals surface area contributed by atoms with E-state index in [2.05, 4.69) is 9.97 Å². The van der Waals surface area contributed by atoms with Crippen LogP contribution in [0.3, 0.4) is 0 Å². The molecule has 6 heteroatoms. The molecular weight excluding hydrogens is 256 g/mol. The molecule has 0 radical (unpaired) electrons. The molecule has 0 amide bonds. The van der Waals surface area contributed by atoms with Crippen LogP contribution in [0.4, 0.5) is 0 Å². The predicted octanol–water partition coefficient (Wildman–Crippen LogP) is 2.59. The number of carbonyl (C=O) groups is 1. The molecule has 0 fully saturated rings. The minimum absolute atomic E-state index is 0.130. The maximum absolute atomic E-state index is 11.3. The molecule has 0 saturated carbocycles. The fourth-order valence-corrected chi connectivity index (χ4v) is 3.29. The summed E-state index contributed by atoms with van der Waals surface area (Å²) in [6.07, 6.45) is 1.56. The lowest BCUT2D eigenvalue weighted by atomic mass is 10.2. The first-order valence-corrected chi connectivity index (χ1v) is 6.97. The molecule has 0 aromatic carbocycles. The number of carbonyl (C=O) groups excluding carboxylic acids is 1. The number of thiophene rings is 1. The summed E-state index contributed by atoms with van der Waals surface area (Å²) in [5, 5.41) is 2.92. The minimum Gasteiger partial charge on any atom is -0.469 e. The van der Waals surface area contributed by atoms with Gasteiger partial charge in [0.15, 0.2) is 0 Å². The van der Waals surface area contributed by atoms with E-state index >= 15 is 0 Å². The van der Waals surface area contributed by atoms with E-state index in [1.165, 1.54) is 7.11 Å². The van der Waals surface area contributed by atoms with Crippen LogP contribution >= 0.6 is 23.1 Å². The molecule has 1 atom stereocenters. The van der Waals surface area contributed by atoms with Gasteiger partial charge in [-0.05, 0) is 11.4 Å². The van der Waals surface area contributed by atoms with E-state index in [0.717, 1.165) is 15.2 Å². The van der Waals surface area contributed by atoms with E-state index in [9.17, 15) is 4.79 Å². The SMILES string of the molecule is COC(=O)C(C)CSc1ncnc2ccsc12. The highest BCUT2D eigenvalue weighted by molar-refractivity contribution is 7.99. The zero-order valence-electron chi connectivity index (χ0n) is 9.54. The van der Waals surface area contributed by atoms with Crippen molar-refractivity contribution in [2.75, 3.05) is 12.9 Å². The van der Waals surface area contributed by atoms with Crippen LogP contribution in [-0.4, -0.2) is 28.8 Å². The van der Waals surface area contributed by atoms with Gasteiger partial charge in [0.05, 0.1) is 23.2 Å². The first-order chi connectivity index (χ1) is 8.22. The third-order valence-corrected chi connectivity index (χ3v) is 4.57. The van der Waals surface area contributed by atoms with Crippen LogP contribution < -0.4 is 0 Å². The Kier molecular flexibility index (Phi) is 3.96. The second-order valence-electron chi connectivity index (χ2n) is 3.55. The highest BCUT2D eigenvalue weighted by Gasteiger charge is 2.15. The van der Waals surface area contributed by atoms with E-state index in [1.54, 1.807) is 29.4 Å². The monoisotopic (exact) mass is 268 g/mol. The van der Waals surface area contributed by atoms with Gasteiger partial charge in [0.2, 0.25) is 0 Å². The van der Waals surface area contributed by atoms with Gasteiger partial charge in [-0.15, -0.1) is 23.1 Å². The zero-order chi connectivity index (χ0) is 12.3. The second-order valence-corrected chi connectivity index (χ2v) is 5.47. The average Bonchev–Trinajstić information content (AvgIpc) is 2.83. The van der Waals surface area contributed by atoms with Crippen LogP contribution in [-0.2, 0) is 9.53 Å². The summed E-state index contributed by atoms with van der Waals surface area (Å²) in [6.45, 7) is 1.85. The first-order valence-electron chi connectivity index (χ1n) is 5.11. The molecule has 0 aliphatic rings. The molecule has 0 saturated heterocycles. The molecule has 2 aromatic rings. The van der Waals surface area contributed by atoms with Gasteiger partial charge in [-0.3, -0.25) is 4.79 Å². The summed E-state index contributed by atoms with van der Waals surface area (Å²) in [7, 11) is 1.41. The molecule has 2 heterocycles. The smallest absolute Gasteiger partial charge is 0.309 e. The lowest BCUT2D eigenvalue weighted by Crippen LogP contribution is -2.14. The van der Waals surface area contributed by atoms with Gasteiger partial charge in [0, 0.05) is 5.75 Å². The third-order valence-electron chi connectivity index (χ3n) is 2.28. The molecule has 2 aromatic heterocycles. The van der Waals surface area contributed by atoms with Crippen LogP contribution in [0.1, 0.15) is 6.92 Å². The topological polar surface area (TPSA) is 52.1 Å². The third kappa shape index (κ3) is 2.76. The van der Waals surface area contributed by atoms with Crippen LogP contribution in [0.2, 0.25) is 0 Å². The Labute approximate surface area is 107 Å². The van der Waals surface area contributed by atoms with Gasteiger partial charge in [-0.2, -0.15) is 0 Å². The second kappa shape index (κ2) is 5.46. The lowest BCUT2D eigenvalue weighted by Gasteiger charge is -2.08. The fourth-order valence-electron chi connectivity index (χ4n) is 1.34. The number of fused-ring (bicyclic) bond motifs is 1. The van der Waals surface area contributed by atoms with Crippen LogP contribution in [0.5, 0.6) is 0 Å². The van der Waals surface area contributed by atoms with Crippen molar-refractivity contribution in [2.45, 2.75) is 11.9 Å². The van der Waals surface area contributed by atoms with Crippen molar-refractivity contribution in [3.8, 4) is 0 Å². The van der Waals surface area contributed by atoms with Crippen LogP contribution in [0.25, 0.3) is 10.2 Å². The molecule has 0 bridgehead atoms. The Bertz CT molecular complexity index is 527. The number of methoxy groups -OCH3 is 1. The Hall–Kier alpha value is -1.14. The number of ether oxygens (including phenoxy) is 1. The van der Waals surface area contributed by atoms with Crippen LogP contribution in [0, 0.1) is 5.92 Å². The van der Waals surface area contributed by atoms with E-state index in [1.807, 2.05) is 18.4 Å². The van der Waals surface area contributed by atoms with Crippen molar-refractivity contribution < 1.29 is 9.53 Å². The van der Waals surface area contributed by atoms with Crippen molar-refractivity contribution >= 4 is 39.3 Å². The Morgan fingerprint density at radius 3 is 3.18 bits per heavy atom. The summed E-state index contributed by atoms with van der Waals surface area (Å²) < 4.78 is 5.77. The van der Waals surface area contributed by atoms with Crippen molar-refractivity contribution in [1.82, 2.24) is 9.97 Å². The normalized spacial score (nSPS) is 12.6. The molecule has 2 rings (SSSR count). The maximum Gasteiger partial charge on any atom is 0.309 e. The summed E-state index contributed by atoms with van der Waals surface area (Å²) in [6, 6.07) is 1.97. The number of hydrogen-bond acceptors (Lipinski definition) is 6. The zero-order valence-corrected chi connectivity index (χ0v) is 11.2. The first kappa shape index (κ1) is 12.3. The van der Waals surface area contributed by atoms with E-state index in [-0.39, 0.29) is 11.9 Å². The Balaban J connectivity index is 2.09. The molecule has 90 valence electrons. The number of nitrogens with zero attached hydrogens (tertiary/aromatic N) is 2. The van der Waals surface area contributed by atoms with Crippen molar-refractivity contribution in [2.24, 2.45) is 5.92 Å². The number of thioether (sulfide) groups is 1. The lowest BCUT2D eigenvalue weighted by molar-refractivity contribution is -0.143. The van der Waals surface area contributed by atoms with Gasteiger partial charge in [-0.1, -0.05) is 6.92 Å². The van der Waals surface area contributed by atoms with Gasteiger partial charge >= 0.3 is 5.97 Å². The summed E-state index contributed by atoms with van der Waals surface area (Å²) in [5.74, 6) is 0.348. The molecule has 1 unspecified atom stereocenters. The van der Waals surface area contributed by atoms with Gasteiger partial charge in [0.1, 0.15) is 11.4 Å². The van der Waals surface area contributed by atoms with Gasteiger partial charge in [0.25, 0.3) is 0 Å². The average molecular weight is 268 g/mol. The number of aromatic nitrogens is 2. The minimum atomic E-state index is -0.186. The Morgan fingerprint density at radius 2 is 2.41 bits per heavy atom. The van der Waals surface area contributed by atoms with Crippen molar-refractivity contribution in [3.05, 3.63) is 17.8 Å². The quantitative estimate of drug-likeness (QED) is 0.484. The predicted molar refractivity (Wildman–Crippen MR) is 69.3 cm³/mol. The molecule has 17 heavy (non-hydrogen) atoms. The summed E-state index contributed by atoms with van der Waals surface area (Å²) in [5.41, 5.74) is 0.957. The van der Waals surface area contributed by atoms with Crippen LogP contribution in [0.15, 0.2) is 22.8 Å². The van der Waals surface area contributed by atoms with Crippen molar-refractivity contribution in [3.63, 3.8) is 0 Å². The fraction of sp³-hybridized carbons (Fsp3) is 0.364. The molecular formula is C11H12N2O2S2. The highest BCUT2D eigenvalue weighted by Crippen LogP contribution is 2.29. The summed E-state index contributed by atoms with van der Waals surface area (Å²) in [4.78, 5) is 19.7. The number of rotatable bonds is 4. The largest absolute Gasteiger partial charge is 0.469 e. The van der Waals surface area contributed by atoms with Crippen molar-refractivity contribution in [1.29, 1.82) is 0 Å². The number of hydrogen-bond donors (Lipinski definition) is 0. The molecule has 4 nitrogen and oxygen atoms in total. The van der Waals surface area contributed by atoms with Gasteiger partial charge in [-0.25, -0.2) is 9.97 Å². The highest BCUT2D eigenvalue weighted by atomic mass is 32.2. The van der Waals surface area contributed by atoms with Gasteiger partial charge < -0.3 is 4.74 Å². The maximum atomic E-state index is 11.3. The molecule has 0 aliphatic heterocycles. The Morgan fingerprint density at radius 1 is 1.59 bits per heavy atom.